The molecule has 0 heterocycles. The average Bonchev–Trinajstić information content (AvgIpc) is 2.31. The first-order valence-electron chi connectivity index (χ1n) is 6.25. The van der Waals surface area contributed by atoms with E-state index in [-0.39, 0.29) is 6.61 Å². The van der Waals surface area contributed by atoms with Crippen molar-refractivity contribution >= 4 is 0 Å². The number of aliphatic hydroxyl groups excluding tert-OH is 1. The van der Waals surface area contributed by atoms with Crippen molar-refractivity contribution in [1.82, 2.24) is 0 Å². The van der Waals surface area contributed by atoms with Gasteiger partial charge < -0.3 is 9.84 Å². The Labute approximate surface area is 97.3 Å². The van der Waals surface area contributed by atoms with Crippen molar-refractivity contribution in [3.63, 3.8) is 0 Å². The molecule has 0 aromatic heterocycles. The summed E-state index contributed by atoms with van der Waals surface area (Å²) in [6.45, 7) is 0.201. The highest BCUT2D eigenvalue weighted by Gasteiger charge is 2.14. The highest BCUT2D eigenvalue weighted by atomic mass is 16.5. The number of rotatable bonds is 4. The zero-order chi connectivity index (χ0) is 11.2. The molecule has 0 atom stereocenters. The van der Waals surface area contributed by atoms with Crippen LogP contribution in [0.25, 0.3) is 0 Å². The molecule has 1 aromatic carbocycles. The summed E-state index contributed by atoms with van der Waals surface area (Å²) in [5.41, 5.74) is 1.15. The first-order chi connectivity index (χ1) is 7.88. The third kappa shape index (κ3) is 3.24. The van der Waals surface area contributed by atoms with E-state index in [9.17, 15) is 0 Å². The van der Waals surface area contributed by atoms with Crippen molar-refractivity contribution in [2.24, 2.45) is 0 Å². The largest absolute Gasteiger partial charge is 0.490 e. The number of benzene rings is 1. The Kier molecular flexibility index (Phi) is 4.23. The number of aliphatic hydroxyl groups is 1. The zero-order valence-corrected chi connectivity index (χ0v) is 9.69. The predicted octanol–water partition coefficient (Wildman–Crippen LogP) is 2.93. The van der Waals surface area contributed by atoms with Gasteiger partial charge in [0.2, 0.25) is 0 Å². The van der Waals surface area contributed by atoms with Gasteiger partial charge in [-0.1, -0.05) is 18.6 Å². The van der Waals surface area contributed by atoms with Crippen LogP contribution in [-0.2, 0) is 6.42 Å². The molecule has 0 bridgehead atoms. The fourth-order valence-corrected chi connectivity index (χ4v) is 2.28. The van der Waals surface area contributed by atoms with Gasteiger partial charge >= 0.3 is 0 Å². The molecule has 2 rings (SSSR count). The van der Waals surface area contributed by atoms with E-state index in [0.717, 1.165) is 11.3 Å². The topological polar surface area (TPSA) is 29.5 Å². The Balaban J connectivity index is 1.94. The van der Waals surface area contributed by atoms with Crippen LogP contribution in [-0.4, -0.2) is 17.8 Å². The maximum absolute atomic E-state index is 8.89. The first kappa shape index (κ1) is 11.5. The summed E-state index contributed by atoms with van der Waals surface area (Å²) in [5.74, 6) is 0.956. The molecule has 1 aliphatic carbocycles. The van der Waals surface area contributed by atoms with E-state index >= 15 is 0 Å². The van der Waals surface area contributed by atoms with Gasteiger partial charge in [0.15, 0.2) is 0 Å². The Bertz CT molecular complexity index is 316. The van der Waals surface area contributed by atoms with Crippen LogP contribution in [0.2, 0.25) is 0 Å². The number of hydrogen-bond acceptors (Lipinski definition) is 2. The van der Waals surface area contributed by atoms with Crippen LogP contribution in [0, 0.1) is 0 Å². The van der Waals surface area contributed by atoms with Crippen LogP contribution >= 0.6 is 0 Å². The summed E-state index contributed by atoms with van der Waals surface area (Å²) in [4.78, 5) is 0. The minimum atomic E-state index is 0.201. The number of ether oxygens (including phenoxy) is 1. The fourth-order valence-electron chi connectivity index (χ4n) is 2.28. The van der Waals surface area contributed by atoms with Crippen LogP contribution in [0.5, 0.6) is 5.75 Å². The standard InChI is InChI=1S/C14H20O2/c15-10-9-12-5-4-8-14(11-12)16-13-6-2-1-3-7-13/h4-5,8,11,13,15H,1-3,6-7,9-10H2. The third-order valence-electron chi connectivity index (χ3n) is 3.15. The minimum absolute atomic E-state index is 0.201. The van der Waals surface area contributed by atoms with Gasteiger partial charge in [-0.25, -0.2) is 0 Å². The van der Waals surface area contributed by atoms with Crippen molar-refractivity contribution in [3.05, 3.63) is 29.8 Å². The molecule has 88 valence electrons. The van der Waals surface area contributed by atoms with Gasteiger partial charge in [-0.05, 0) is 49.8 Å². The second kappa shape index (κ2) is 5.90. The first-order valence-corrected chi connectivity index (χ1v) is 6.25. The second-order valence-corrected chi connectivity index (χ2v) is 4.50. The van der Waals surface area contributed by atoms with Crippen molar-refractivity contribution in [2.45, 2.75) is 44.6 Å². The molecule has 16 heavy (non-hydrogen) atoms. The zero-order valence-electron chi connectivity index (χ0n) is 9.69. The monoisotopic (exact) mass is 220 g/mol. The van der Waals surface area contributed by atoms with E-state index in [1.165, 1.54) is 32.1 Å². The van der Waals surface area contributed by atoms with Gasteiger partial charge in [-0.3, -0.25) is 0 Å². The molecule has 1 N–H and O–H groups in total. The summed E-state index contributed by atoms with van der Waals surface area (Å²) in [7, 11) is 0. The van der Waals surface area contributed by atoms with Crippen LogP contribution < -0.4 is 4.74 Å². The van der Waals surface area contributed by atoms with Crippen molar-refractivity contribution in [2.75, 3.05) is 6.61 Å². The fraction of sp³-hybridized carbons (Fsp3) is 0.571. The molecule has 1 fully saturated rings. The lowest BCUT2D eigenvalue weighted by molar-refractivity contribution is 0.155. The summed E-state index contributed by atoms with van der Waals surface area (Å²) >= 11 is 0. The molecule has 1 aromatic rings. The number of hydrogen-bond donors (Lipinski definition) is 1. The molecular weight excluding hydrogens is 200 g/mol. The average molecular weight is 220 g/mol. The Morgan fingerprint density at radius 3 is 2.75 bits per heavy atom. The van der Waals surface area contributed by atoms with Gasteiger partial charge in [-0.2, -0.15) is 0 Å². The SMILES string of the molecule is OCCc1cccc(OC2CCCCC2)c1. The summed E-state index contributed by atoms with van der Waals surface area (Å²) in [5, 5.41) is 8.89. The molecule has 0 radical (unpaired) electrons. The van der Waals surface area contributed by atoms with Crippen molar-refractivity contribution in [1.29, 1.82) is 0 Å². The van der Waals surface area contributed by atoms with Crippen LogP contribution in [0.3, 0.4) is 0 Å². The lowest BCUT2D eigenvalue weighted by atomic mass is 9.98. The Morgan fingerprint density at radius 1 is 1.19 bits per heavy atom. The summed E-state index contributed by atoms with van der Waals surface area (Å²) < 4.78 is 5.96. The Hall–Kier alpha value is -1.02. The maximum atomic E-state index is 8.89. The van der Waals surface area contributed by atoms with E-state index in [1.54, 1.807) is 0 Å². The minimum Gasteiger partial charge on any atom is -0.490 e. The summed E-state index contributed by atoms with van der Waals surface area (Å²) in [6, 6.07) is 8.09. The van der Waals surface area contributed by atoms with E-state index in [4.69, 9.17) is 9.84 Å². The van der Waals surface area contributed by atoms with Gasteiger partial charge in [0.25, 0.3) is 0 Å². The molecule has 0 saturated heterocycles. The lowest BCUT2D eigenvalue weighted by Gasteiger charge is -2.23. The highest BCUT2D eigenvalue weighted by molar-refractivity contribution is 5.28. The van der Waals surface area contributed by atoms with Crippen LogP contribution in [0.15, 0.2) is 24.3 Å². The molecule has 0 amide bonds. The van der Waals surface area contributed by atoms with Gasteiger partial charge in [-0.15, -0.1) is 0 Å². The molecular formula is C14H20O2. The molecule has 1 aliphatic rings. The van der Waals surface area contributed by atoms with Crippen LogP contribution in [0.1, 0.15) is 37.7 Å². The molecule has 0 unspecified atom stereocenters. The normalized spacial score (nSPS) is 17.3. The maximum Gasteiger partial charge on any atom is 0.119 e. The molecule has 0 aliphatic heterocycles. The van der Waals surface area contributed by atoms with Crippen molar-refractivity contribution < 1.29 is 9.84 Å². The quantitative estimate of drug-likeness (QED) is 0.845. The van der Waals surface area contributed by atoms with E-state index in [0.29, 0.717) is 12.5 Å². The molecule has 2 heteroatoms. The van der Waals surface area contributed by atoms with E-state index < -0.39 is 0 Å². The van der Waals surface area contributed by atoms with Gasteiger partial charge in [0.1, 0.15) is 5.75 Å². The highest BCUT2D eigenvalue weighted by Crippen LogP contribution is 2.23. The Morgan fingerprint density at radius 2 is 2.00 bits per heavy atom. The second-order valence-electron chi connectivity index (χ2n) is 4.50. The lowest BCUT2D eigenvalue weighted by Crippen LogP contribution is -2.19. The molecule has 1 saturated carbocycles. The van der Waals surface area contributed by atoms with Gasteiger partial charge in [0, 0.05) is 6.61 Å². The molecule has 2 nitrogen and oxygen atoms in total. The van der Waals surface area contributed by atoms with E-state index in [1.807, 2.05) is 24.3 Å². The van der Waals surface area contributed by atoms with Crippen LogP contribution in [0.4, 0.5) is 0 Å². The van der Waals surface area contributed by atoms with Gasteiger partial charge in [0.05, 0.1) is 6.10 Å². The predicted molar refractivity (Wildman–Crippen MR) is 64.7 cm³/mol. The summed E-state index contributed by atoms with van der Waals surface area (Å²) in [6.07, 6.45) is 7.42. The van der Waals surface area contributed by atoms with E-state index in [2.05, 4.69) is 0 Å². The smallest absolute Gasteiger partial charge is 0.119 e. The van der Waals surface area contributed by atoms with Crippen molar-refractivity contribution in [3.8, 4) is 5.75 Å². The molecule has 0 spiro atoms. The third-order valence-corrected chi connectivity index (χ3v) is 3.15.